The predicted molar refractivity (Wildman–Crippen MR) is 75.3 cm³/mol. The van der Waals surface area contributed by atoms with E-state index in [1.54, 1.807) is 18.7 Å². The van der Waals surface area contributed by atoms with Crippen molar-refractivity contribution in [2.75, 3.05) is 5.75 Å². The topological polar surface area (TPSA) is 65.5 Å². The van der Waals surface area contributed by atoms with Crippen LogP contribution in [0.1, 0.15) is 46.0 Å². The van der Waals surface area contributed by atoms with E-state index in [2.05, 4.69) is 28.1 Å². The van der Waals surface area contributed by atoms with E-state index in [1.165, 1.54) is 32.1 Å². The highest BCUT2D eigenvalue weighted by atomic mass is 32.2. The number of carbonyl (C=O) groups excluding carboxylic acids is 1. The molecule has 2 aliphatic rings. The first kappa shape index (κ1) is 13.7. The maximum atomic E-state index is 11.8. The summed E-state index contributed by atoms with van der Waals surface area (Å²) in [4.78, 5) is 11.8. The molecule has 1 atom stereocenters. The van der Waals surface area contributed by atoms with Gasteiger partial charge in [0.25, 0.3) is 5.91 Å². The normalized spacial score (nSPS) is 29.4. The lowest BCUT2D eigenvalue weighted by molar-refractivity contribution is -0.117. The zero-order valence-electron chi connectivity index (χ0n) is 11.1. The molecule has 3 N–H and O–H groups in total. The van der Waals surface area contributed by atoms with Gasteiger partial charge in [-0.25, -0.2) is 0 Å². The van der Waals surface area contributed by atoms with Crippen LogP contribution in [0.15, 0.2) is 5.10 Å². The van der Waals surface area contributed by atoms with Crippen molar-refractivity contribution in [2.45, 2.75) is 57.1 Å². The van der Waals surface area contributed by atoms with Crippen molar-refractivity contribution in [3.05, 3.63) is 0 Å². The molecule has 6 heteroatoms. The summed E-state index contributed by atoms with van der Waals surface area (Å²) >= 11 is 1.64. The van der Waals surface area contributed by atoms with E-state index < -0.39 is 5.12 Å². The molecule has 1 aliphatic carbocycles. The van der Waals surface area contributed by atoms with Crippen molar-refractivity contribution in [2.24, 2.45) is 5.10 Å². The smallest absolute Gasteiger partial charge is 0.270 e. The van der Waals surface area contributed by atoms with Crippen LogP contribution in [0.3, 0.4) is 0 Å². The fourth-order valence-corrected chi connectivity index (χ4v) is 3.38. The zero-order valence-corrected chi connectivity index (χ0v) is 11.9. The number of hydrogen-bond acceptors (Lipinski definition) is 5. The number of thioether (sulfide) groups is 1. The van der Waals surface area contributed by atoms with Gasteiger partial charge in [-0.05, 0) is 25.5 Å². The van der Waals surface area contributed by atoms with Gasteiger partial charge in [0.05, 0.1) is 0 Å². The number of nitrogens with zero attached hydrogens (tertiary/aromatic N) is 1. The minimum atomic E-state index is -0.632. The number of hydrogen-bond donors (Lipinski definition) is 3. The molecule has 0 unspecified atom stereocenters. The minimum Gasteiger partial charge on any atom is -0.306 e. The Bertz CT molecular complexity index is 341. The van der Waals surface area contributed by atoms with Crippen molar-refractivity contribution >= 4 is 23.4 Å². The molecule has 18 heavy (non-hydrogen) atoms. The van der Waals surface area contributed by atoms with Gasteiger partial charge in [-0.15, -0.1) is 0 Å². The van der Waals surface area contributed by atoms with E-state index in [9.17, 15) is 4.79 Å². The van der Waals surface area contributed by atoms with Crippen molar-refractivity contribution in [3.8, 4) is 0 Å². The summed E-state index contributed by atoms with van der Waals surface area (Å²) in [7, 11) is 0. The summed E-state index contributed by atoms with van der Waals surface area (Å²) in [5.41, 5.74) is 3.55. The third-order valence-electron chi connectivity index (χ3n) is 3.37. The molecule has 0 bridgehead atoms. The van der Waals surface area contributed by atoms with Gasteiger partial charge in [0.1, 0.15) is 5.71 Å². The van der Waals surface area contributed by atoms with Crippen LogP contribution in [0.25, 0.3) is 0 Å². The summed E-state index contributed by atoms with van der Waals surface area (Å²) in [5, 5.41) is 10.0. The van der Waals surface area contributed by atoms with Crippen molar-refractivity contribution in [3.63, 3.8) is 0 Å². The second-order valence-electron chi connectivity index (χ2n) is 4.86. The standard InChI is InChI=1S/C12H22N4OS/c1-3-18-12(13-10-7-5-4-6-8-10)14-11(17)9(2)15-16-12/h10,13,16H,3-8H2,1-2H3,(H,14,17)/t12-/m1/s1. The zero-order chi connectivity index (χ0) is 13.0. The van der Waals surface area contributed by atoms with Crippen LogP contribution < -0.4 is 16.1 Å². The monoisotopic (exact) mass is 270 g/mol. The summed E-state index contributed by atoms with van der Waals surface area (Å²) in [6.07, 6.45) is 6.20. The van der Waals surface area contributed by atoms with E-state index in [0.29, 0.717) is 11.8 Å². The lowest BCUT2D eigenvalue weighted by atomic mass is 9.95. The molecule has 2 rings (SSSR count). The van der Waals surface area contributed by atoms with Gasteiger partial charge in [0.15, 0.2) is 0 Å². The van der Waals surface area contributed by atoms with Crippen LogP contribution in [-0.4, -0.2) is 28.5 Å². The molecular formula is C12H22N4OS. The third-order valence-corrected chi connectivity index (χ3v) is 4.41. The molecule has 1 heterocycles. The van der Waals surface area contributed by atoms with Gasteiger partial charge in [-0.2, -0.15) is 5.10 Å². The van der Waals surface area contributed by atoms with Crippen LogP contribution in [-0.2, 0) is 4.79 Å². The molecule has 1 fully saturated rings. The molecule has 0 aromatic heterocycles. The lowest BCUT2D eigenvalue weighted by Gasteiger charge is -2.40. The highest BCUT2D eigenvalue weighted by molar-refractivity contribution is 8.00. The van der Waals surface area contributed by atoms with E-state index in [-0.39, 0.29) is 5.91 Å². The Kier molecular flexibility index (Phi) is 4.50. The Morgan fingerprint density at radius 2 is 2.17 bits per heavy atom. The van der Waals surface area contributed by atoms with E-state index in [0.717, 1.165) is 5.75 Å². The Labute approximate surface area is 113 Å². The highest BCUT2D eigenvalue weighted by Crippen LogP contribution is 2.24. The van der Waals surface area contributed by atoms with Gasteiger partial charge in [-0.3, -0.25) is 15.5 Å². The molecule has 1 aliphatic heterocycles. The minimum absolute atomic E-state index is 0.0991. The number of nitrogens with one attached hydrogen (secondary N) is 3. The fourth-order valence-electron chi connectivity index (χ4n) is 2.42. The van der Waals surface area contributed by atoms with Gasteiger partial charge < -0.3 is 5.32 Å². The molecule has 0 aromatic carbocycles. The first-order chi connectivity index (χ1) is 8.65. The Morgan fingerprint density at radius 1 is 1.44 bits per heavy atom. The molecule has 0 spiro atoms. The molecule has 102 valence electrons. The molecule has 0 saturated heterocycles. The van der Waals surface area contributed by atoms with E-state index in [1.807, 2.05) is 0 Å². The molecule has 5 nitrogen and oxygen atoms in total. The van der Waals surface area contributed by atoms with Crippen LogP contribution >= 0.6 is 11.8 Å². The quantitative estimate of drug-likeness (QED) is 0.675. The summed E-state index contributed by atoms with van der Waals surface area (Å²) < 4.78 is 0. The number of hydrazone groups is 1. The number of carbonyl (C=O) groups is 1. The largest absolute Gasteiger partial charge is 0.306 e. The Hall–Kier alpha value is -0.750. The molecule has 0 aromatic rings. The van der Waals surface area contributed by atoms with E-state index >= 15 is 0 Å². The highest BCUT2D eigenvalue weighted by Gasteiger charge is 2.37. The van der Waals surface area contributed by atoms with Crippen LogP contribution in [0, 0.1) is 0 Å². The maximum absolute atomic E-state index is 11.8. The number of amides is 1. The number of rotatable bonds is 4. The Morgan fingerprint density at radius 3 is 2.78 bits per heavy atom. The first-order valence-electron chi connectivity index (χ1n) is 6.71. The lowest BCUT2D eigenvalue weighted by Crippen LogP contribution is -2.69. The van der Waals surface area contributed by atoms with Crippen molar-refractivity contribution < 1.29 is 4.79 Å². The molecule has 1 amide bonds. The second kappa shape index (κ2) is 5.93. The first-order valence-corrected chi connectivity index (χ1v) is 7.69. The van der Waals surface area contributed by atoms with Crippen molar-refractivity contribution in [1.29, 1.82) is 0 Å². The average molecular weight is 270 g/mol. The summed E-state index contributed by atoms with van der Waals surface area (Å²) in [5.74, 6) is 0.805. The summed E-state index contributed by atoms with van der Waals surface area (Å²) in [6.45, 7) is 3.79. The van der Waals surface area contributed by atoms with Crippen LogP contribution in [0.2, 0.25) is 0 Å². The summed E-state index contributed by atoms with van der Waals surface area (Å²) in [6, 6.07) is 0.458. The molecule has 0 radical (unpaired) electrons. The second-order valence-corrected chi connectivity index (χ2v) is 6.34. The van der Waals surface area contributed by atoms with E-state index in [4.69, 9.17) is 0 Å². The third kappa shape index (κ3) is 3.17. The van der Waals surface area contributed by atoms with Gasteiger partial charge >= 0.3 is 0 Å². The van der Waals surface area contributed by atoms with Gasteiger partial charge in [0, 0.05) is 6.04 Å². The fraction of sp³-hybridized carbons (Fsp3) is 0.833. The SMILES string of the molecule is CCS[C@@]1(NC2CCCCC2)NN=C(C)C(=O)N1. The maximum Gasteiger partial charge on any atom is 0.270 e. The molecular weight excluding hydrogens is 248 g/mol. The Balaban J connectivity index is 2.04. The van der Waals surface area contributed by atoms with Crippen LogP contribution in [0.4, 0.5) is 0 Å². The van der Waals surface area contributed by atoms with Crippen LogP contribution in [0.5, 0.6) is 0 Å². The average Bonchev–Trinajstić information content (AvgIpc) is 2.36. The predicted octanol–water partition coefficient (Wildman–Crippen LogP) is 1.37. The molecule has 1 saturated carbocycles. The van der Waals surface area contributed by atoms with Gasteiger partial charge in [0.2, 0.25) is 5.12 Å². The van der Waals surface area contributed by atoms with Gasteiger partial charge in [-0.1, -0.05) is 37.9 Å². The van der Waals surface area contributed by atoms with Crippen molar-refractivity contribution in [1.82, 2.24) is 16.1 Å².